The summed E-state index contributed by atoms with van der Waals surface area (Å²) >= 11 is 0. The van der Waals surface area contributed by atoms with Crippen molar-refractivity contribution in [3.63, 3.8) is 0 Å². The van der Waals surface area contributed by atoms with Crippen LogP contribution in [0.1, 0.15) is 0 Å². The number of morpholine rings is 1. The maximum absolute atomic E-state index is 12.2. The first-order chi connectivity index (χ1) is 6.41. The molecule has 1 aliphatic heterocycles. The molecule has 0 spiro atoms. The fraction of sp³-hybridized carbons (Fsp3) is 0.857. The predicted octanol–water partition coefficient (Wildman–Crippen LogP) is 0.410. The van der Waals surface area contributed by atoms with E-state index in [4.69, 9.17) is 9.84 Å². The Kier molecular flexibility index (Phi) is 3.18. The summed E-state index contributed by atoms with van der Waals surface area (Å²) in [6.45, 7) is -0.205. The number of hydrogen-bond acceptors (Lipinski definition) is 3. The molecule has 4 atom stereocenters. The summed E-state index contributed by atoms with van der Waals surface area (Å²) in [4.78, 5) is 10.5. The molecule has 0 aromatic rings. The van der Waals surface area contributed by atoms with Crippen LogP contribution < -0.4 is 5.32 Å². The third-order valence-electron chi connectivity index (χ3n) is 2.48. The van der Waals surface area contributed by atoms with Crippen molar-refractivity contribution >= 4 is 18.4 Å². The van der Waals surface area contributed by atoms with Gasteiger partial charge in [0.05, 0.1) is 12.7 Å². The Morgan fingerprint density at radius 2 is 2.07 bits per heavy atom. The summed E-state index contributed by atoms with van der Waals surface area (Å²) in [6.07, 6.45) is -5.21. The number of carboxylic acids is 1. The minimum atomic E-state index is -4.31. The van der Waals surface area contributed by atoms with Gasteiger partial charge in [-0.05, 0) is 0 Å². The number of nitrogens with one attached hydrogen (secondary N) is 1. The fourth-order valence-electron chi connectivity index (χ4n) is 1.71. The van der Waals surface area contributed by atoms with Gasteiger partial charge in [-0.2, -0.15) is 13.2 Å². The lowest BCUT2D eigenvalue weighted by Gasteiger charge is -2.18. The number of fused-ring (bicyclic) bond motifs is 1. The molecule has 0 amide bonds. The third kappa shape index (κ3) is 2.19. The van der Waals surface area contributed by atoms with Gasteiger partial charge in [-0.1, -0.05) is 0 Å². The van der Waals surface area contributed by atoms with Crippen LogP contribution in [0.2, 0.25) is 0 Å². The Labute approximate surface area is 89.2 Å². The van der Waals surface area contributed by atoms with Crippen molar-refractivity contribution < 1.29 is 27.8 Å². The average Bonchev–Trinajstić information content (AvgIpc) is 2.74. The van der Waals surface area contributed by atoms with Crippen LogP contribution in [-0.2, 0) is 9.53 Å². The Morgan fingerprint density at radius 3 is 2.53 bits per heavy atom. The number of carbonyl (C=O) groups is 1. The molecule has 2 rings (SSSR count). The van der Waals surface area contributed by atoms with E-state index in [1.165, 1.54) is 0 Å². The van der Waals surface area contributed by atoms with Gasteiger partial charge in [-0.25, -0.2) is 0 Å². The van der Waals surface area contributed by atoms with Crippen molar-refractivity contribution in [3.05, 3.63) is 0 Å². The van der Waals surface area contributed by atoms with Gasteiger partial charge in [-0.15, -0.1) is 12.4 Å². The van der Waals surface area contributed by atoms with Crippen LogP contribution in [-0.4, -0.2) is 42.0 Å². The highest BCUT2D eigenvalue weighted by Gasteiger charge is 2.67. The zero-order chi connectivity index (χ0) is 10.5. The molecule has 4 nitrogen and oxygen atoms in total. The second kappa shape index (κ2) is 3.80. The van der Waals surface area contributed by atoms with E-state index in [2.05, 4.69) is 5.32 Å². The number of rotatable bonds is 1. The maximum Gasteiger partial charge on any atom is 0.395 e. The van der Waals surface area contributed by atoms with E-state index in [9.17, 15) is 18.0 Å². The molecule has 1 unspecified atom stereocenters. The number of ether oxygens (including phenoxy) is 1. The molecule has 8 heteroatoms. The van der Waals surface area contributed by atoms with Gasteiger partial charge in [0.1, 0.15) is 12.0 Å². The molecule has 2 aliphatic rings. The number of carboxylic acid groups (broad SMARTS) is 1. The topological polar surface area (TPSA) is 58.6 Å². The van der Waals surface area contributed by atoms with Gasteiger partial charge in [0, 0.05) is 6.04 Å². The van der Waals surface area contributed by atoms with Gasteiger partial charge in [0.15, 0.2) is 0 Å². The van der Waals surface area contributed by atoms with Crippen molar-refractivity contribution in [3.8, 4) is 0 Å². The highest BCUT2D eigenvalue weighted by Crippen LogP contribution is 2.48. The number of hydrogen-bond donors (Lipinski definition) is 2. The quantitative estimate of drug-likeness (QED) is 0.705. The summed E-state index contributed by atoms with van der Waals surface area (Å²) in [7, 11) is 0. The number of alkyl halides is 3. The summed E-state index contributed by atoms with van der Waals surface area (Å²) in [5.74, 6) is -2.73. The highest BCUT2D eigenvalue weighted by atomic mass is 35.5. The minimum absolute atomic E-state index is 0. The first kappa shape index (κ1) is 12.5. The summed E-state index contributed by atoms with van der Waals surface area (Å²) in [5.41, 5.74) is 0. The number of aliphatic carboxylic acids is 1. The lowest BCUT2D eigenvalue weighted by atomic mass is 10.3. The SMILES string of the molecule is Cl.O=C(O)[C@@H]1CO[C@@H]2C(C(F)(F)F)[C@@H]2N1. The second-order valence-electron chi connectivity index (χ2n) is 3.45. The van der Waals surface area contributed by atoms with E-state index < -0.39 is 36.3 Å². The standard InChI is InChI=1S/C7H8F3NO3.ClH/c8-7(9,10)3-4-5(3)14-1-2(11-4)6(12)13;/h2-5,11H,1H2,(H,12,13);1H/t2-,3?,4-,5+;/m0./s1. The smallest absolute Gasteiger partial charge is 0.395 e. The van der Waals surface area contributed by atoms with Crippen LogP contribution in [0.5, 0.6) is 0 Å². The molecule has 2 N–H and O–H groups in total. The normalized spacial score (nSPS) is 38.9. The molecule has 0 aromatic heterocycles. The van der Waals surface area contributed by atoms with Crippen molar-refractivity contribution in [2.45, 2.75) is 24.4 Å². The maximum atomic E-state index is 12.2. The van der Waals surface area contributed by atoms with Crippen LogP contribution in [0, 0.1) is 5.92 Å². The molecular formula is C7H9ClF3NO3. The molecule has 0 bridgehead atoms. The Hall–Kier alpha value is -0.530. The molecule has 15 heavy (non-hydrogen) atoms. The molecule has 2 fully saturated rings. The van der Waals surface area contributed by atoms with Crippen molar-refractivity contribution in [2.75, 3.05) is 6.61 Å². The van der Waals surface area contributed by atoms with Gasteiger partial charge in [0.2, 0.25) is 0 Å². The van der Waals surface area contributed by atoms with Crippen molar-refractivity contribution in [1.29, 1.82) is 0 Å². The molecule has 1 aliphatic carbocycles. The molecule has 0 aromatic carbocycles. The summed E-state index contributed by atoms with van der Waals surface area (Å²) < 4.78 is 41.4. The molecule has 88 valence electrons. The first-order valence-electron chi connectivity index (χ1n) is 4.08. The van der Waals surface area contributed by atoms with Crippen molar-refractivity contribution in [1.82, 2.24) is 5.32 Å². The monoisotopic (exact) mass is 247 g/mol. The zero-order valence-corrected chi connectivity index (χ0v) is 8.14. The van der Waals surface area contributed by atoms with E-state index in [-0.39, 0.29) is 19.0 Å². The van der Waals surface area contributed by atoms with Crippen LogP contribution in [0.25, 0.3) is 0 Å². The highest BCUT2D eigenvalue weighted by molar-refractivity contribution is 5.85. The molecule has 0 radical (unpaired) electrons. The van der Waals surface area contributed by atoms with E-state index >= 15 is 0 Å². The van der Waals surface area contributed by atoms with Gasteiger partial charge in [0.25, 0.3) is 0 Å². The Morgan fingerprint density at radius 1 is 1.47 bits per heavy atom. The molecular weight excluding hydrogens is 239 g/mol. The van der Waals surface area contributed by atoms with Crippen LogP contribution >= 0.6 is 12.4 Å². The van der Waals surface area contributed by atoms with Crippen LogP contribution in [0.3, 0.4) is 0 Å². The van der Waals surface area contributed by atoms with E-state index in [0.29, 0.717) is 0 Å². The summed E-state index contributed by atoms with van der Waals surface area (Å²) in [6, 6.07) is -1.91. The summed E-state index contributed by atoms with van der Waals surface area (Å²) in [5, 5.41) is 10.9. The van der Waals surface area contributed by atoms with E-state index in [1.54, 1.807) is 0 Å². The minimum Gasteiger partial charge on any atom is -0.480 e. The molecule has 1 heterocycles. The predicted molar refractivity (Wildman–Crippen MR) is 44.9 cm³/mol. The van der Waals surface area contributed by atoms with Crippen LogP contribution in [0.15, 0.2) is 0 Å². The van der Waals surface area contributed by atoms with E-state index in [1.807, 2.05) is 0 Å². The average molecular weight is 248 g/mol. The van der Waals surface area contributed by atoms with Gasteiger partial charge >= 0.3 is 12.1 Å². The Bertz CT molecular complexity index is 273. The van der Waals surface area contributed by atoms with Crippen LogP contribution in [0.4, 0.5) is 13.2 Å². The Balaban J connectivity index is 0.00000112. The molecule has 1 saturated heterocycles. The lowest BCUT2D eigenvalue weighted by molar-refractivity contribution is -0.156. The van der Waals surface area contributed by atoms with Gasteiger partial charge in [-0.3, -0.25) is 10.1 Å². The van der Waals surface area contributed by atoms with E-state index in [0.717, 1.165) is 0 Å². The zero-order valence-electron chi connectivity index (χ0n) is 7.32. The first-order valence-corrected chi connectivity index (χ1v) is 4.08. The van der Waals surface area contributed by atoms with Gasteiger partial charge < -0.3 is 9.84 Å². The lowest BCUT2D eigenvalue weighted by Crippen LogP contribution is -2.46. The molecule has 1 saturated carbocycles. The third-order valence-corrected chi connectivity index (χ3v) is 2.48. The largest absolute Gasteiger partial charge is 0.480 e. The number of halogens is 4. The fourth-order valence-corrected chi connectivity index (χ4v) is 1.71. The second-order valence-corrected chi connectivity index (χ2v) is 3.45. The van der Waals surface area contributed by atoms with Crippen molar-refractivity contribution in [2.24, 2.45) is 5.92 Å².